The van der Waals surface area contributed by atoms with E-state index in [1.807, 2.05) is 13.8 Å². The van der Waals surface area contributed by atoms with Crippen LogP contribution in [0.15, 0.2) is 11.6 Å². The molecule has 58 heavy (non-hydrogen) atoms. The van der Waals surface area contributed by atoms with Crippen LogP contribution in [-0.2, 0) is 42.8 Å². The van der Waals surface area contributed by atoms with Crippen molar-refractivity contribution in [3.8, 4) is 0 Å². The van der Waals surface area contributed by atoms with Crippen molar-refractivity contribution in [1.82, 2.24) is 0 Å². The number of rotatable bonds is 7. The SMILES string of the molecule is COC(=O)[C@H]1O[C@@H](O[C@H]2CC[C@@]3(C)[C@@H](CC[C@]4(C)[C@@H]3CC=C3[C@@H]5C[C@](C)(C(=O)OC)CC(=O)[C@]5(C)CC[C@]34C)[C@@]2(C)CO)[C@H](O[C@@H]2OC[C@@H](O)[C@H](O)[C@H]2O)[C@@H](O)[C@@H]1O. The minimum atomic E-state index is -1.81. The predicted octanol–water partition coefficient (Wildman–Crippen LogP) is 1.94. The number of ketones is 1. The van der Waals surface area contributed by atoms with Crippen molar-refractivity contribution in [2.24, 2.45) is 50.2 Å². The Labute approximate surface area is 340 Å². The summed E-state index contributed by atoms with van der Waals surface area (Å²) in [5, 5.41) is 64.7. The summed E-state index contributed by atoms with van der Waals surface area (Å²) in [5.74, 6) is -1.06. The predicted molar refractivity (Wildman–Crippen MR) is 203 cm³/mol. The molecule has 0 aromatic rings. The monoisotopic (exact) mass is 822 g/mol. The molecule has 2 aliphatic heterocycles. The summed E-state index contributed by atoms with van der Waals surface area (Å²) in [6.45, 7) is 12.4. The van der Waals surface area contributed by atoms with Crippen molar-refractivity contribution in [1.29, 1.82) is 0 Å². The van der Waals surface area contributed by atoms with E-state index in [4.69, 9.17) is 28.4 Å². The van der Waals surface area contributed by atoms with E-state index in [1.165, 1.54) is 12.7 Å². The lowest BCUT2D eigenvalue weighted by molar-refractivity contribution is -0.367. The molecular formula is C43H66O15. The summed E-state index contributed by atoms with van der Waals surface area (Å²) in [6.07, 6.45) is -6.91. The first kappa shape index (κ1) is 44.0. The van der Waals surface area contributed by atoms with Gasteiger partial charge in [-0.1, -0.05) is 46.3 Å². The van der Waals surface area contributed by atoms with E-state index < -0.39 is 83.6 Å². The number of allylic oxidation sites excluding steroid dienone is 2. The number of carbonyl (C=O) groups is 3. The van der Waals surface area contributed by atoms with E-state index >= 15 is 0 Å². The first-order valence-corrected chi connectivity index (χ1v) is 21.1. The number of Topliss-reactive ketones (excluding diaryl/α,β-unsaturated/α-hetero) is 1. The second kappa shape index (κ2) is 15.1. The maximum absolute atomic E-state index is 13.9. The maximum atomic E-state index is 13.9. The van der Waals surface area contributed by atoms with Crippen LogP contribution in [0.3, 0.4) is 0 Å². The Balaban J connectivity index is 1.18. The first-order valence-electron chi connectivity index (χ1n) is 21.1. The van der Waals surface area contributed by atoms with Crippen LogP contribution >= 0.6 is 0 Å². The summed E-state index contributed by atoms with van der Waals surface area (Å²) in [4.78, 5) is 39.8. The van der Waals surface area contributed by atoms with E-state index in [0.29, 0.717) is 12.8 Å². The van der Waals surface area contributed by atoms with Crippen molar-refractivity contribution < 1.29 is 73.4 Å². The molecule has 7 aliphatic rings. The number of hydrogen-bond acceptors (Lipinski definition) is 15. The van der Waals surface area contributed by atoms with Crippen molar-refractivity contribution in [2.75, 3.05) is 27.4 Å². The van der Waals surface area contributed by atoms with Gasteiger partial charge in [-0.05, 0) is 92.3 Å². The number of fused-ring (bicyclic) bond motifs is 7. The second-order valence-electron chi connectivity index (χ2n) is 20.2. The van der Waals surface area contributed by atoms with Crippen molar-refractivity contribution in [2.45, 2.75) is 161 Å². The van der Waals surface area contributed by atoms with Crippen LogP contribution in [0.1, 0.15) is 99.3 Å². The van der Waals surface area contributed by atoms with Gasteiger partial charge in [-0.2, -0.15) is 0 Å². The minimum Gasteiger partial charge on any atom is -0.469 e. The molecule has 0 amide bonds. The number of aliphatic hydroxyl groups is 6. The van der Waals surface area contributed by atoms with E-state index in [9.17, 15) is 45.0 Å². The quantitative estimate of drug-likeness (QED) is 0.123. The molecular weight excluding hydrogens is 756 g/mol. The summed E-state index contributed by atoms with van der Waals surface area (Å²) < 4.78 is 34.2. The highest BCUT2D eigenvalue weighted by atomic mass is 16.8. The van der Waals surface area contributed by atoms with Gasteiger partial charge in [-0.25, -0.2) is 4.79 Å². The molecule has 15 nitrogen and oxygen atoms in total. The lowest BCUT2D eigenvalue weighted by Crippen LogP contribution is -2.67. The topological polar surface area (TPSA) is 228 Å². The molecule has 4 saturated carbocycles. The number of hydrogen-bond donors (Lipinski definition) is 6. The standard InChI is InChI=1S/C43H66O15/c1-38(37(52)54-8)17-22-21-9-10-25-40(3)13-12-27(41(4,20-44)24(40)11-14-43(25,6)42(21,5)16-15-39(22,2)26(46)18-38)56-36-33(30(49)29(48)32(57-36)34(51)53-7)58-35-31(50)28(47)23(45)19-55-35/h9,22-25,27-33,35-36,44-45,47-50H,10-20H2,1-8H3/t22-,23+,24+,25+,27-,28-,29-,30-,31+,32-,33+,35-,36+,38-,39+,40-,41+,42+,43+/m0/s1. The molecule has 2 heterocycles. The molecule has 0 spiro atoms. The molecule has 0 unspecified atom stereocenters. The number of aliphatic hydroxyl groups excluding tert-OH is 6. The Morgan fingerprint density at radius 1 is 0.828 bits per heavy atom. The van der Waals surface area contributed by atoms with Crippen LogP contribution in [0.25, 0.3) is 0 Å². The molecule has 2 saturated heterocycles. The number of ether oxygens (including phenoxy) is 6. The van der Waals surface area contributed by atoms with Crippen molar-refractivity contribution in [3.63, 3.8) is 0 Å². The molecule has 15 heteroatoms. The lowest BCUT2D eigenvalue weighted by Gasteiger charge is -2.71. The zero-order valence-electron chi connectivity index (χ0n) is 35.2. The maximum Gasteiger partial charge on any atom is 0.337 e. The van der Waals surface area contributed by atoms with Crippen LogP contribution in [0.2, 0.25) is 0 Å². The highest BCUT2D eigenvalue weighted by Crippen LogP contribution is 2.75. The molecule has 7 rings (SSSR count). The summed E-state index contributed by atoms with van der Waals surface area (Å²) >= 11 is 0. The van der Waals surface area contributed by atoms with Crippen molar-refractivity contribution in [3.05, 3.63) is 11.6 Å². The number of methoxy groups -OCH3 is 2. The zero-order valence-corrected chi connectivity index (χ0v) is 35.2. The molecule has 0 aromatic carbocycles. The Morgan fingerprint density at radius 2 is 1.53 bits per heavy atom. The molecule has 0 radical (unpaired) electrons. The Morgan fingerprint density at radius 3 is 2.19 bits per heavy atom. The zero-order chi connectivity index (χ0) is 42.5. The van der Waals surface area contributed by atoms with Gasteiger partial charge in [0.25, 0.3) is 0 Å². The third-order valence-corrected chi connectivity index (χ3v) is 17.4. The van der Waals surface area contributed by atoms with Crippen molar-refractivity contribution >= 4 is 17.7 Å². The third-order valence-electron chi connectivity index (χ3n) is 17.4. The molecule has 0 aromatic heterocycles. The summed E-state index contributed by atoms with van der Waals surface area (Å²) in [6, 6.07) is 0. The van der Waals surface area contributed by atoms with Gasteiger partial charge in [0.1, 0.15) is 42.4 Å². The van der Waals surface area contributed by atoms with Gasteiger partial charge < -0.3 is 59.1 Å². The molecule has 6 fully saturated rings. The molecule has 0 bridgehead atoms. The van der Waals surface area contributed by atoms with E-state index in [-0.39, 0.29) is 65.4 Å². The highest BCUT2D eigenvalue weighted by molar-refractivity contribution is 5.92. The van der Waals surface area contributed by atoms with Gasteiger partial charge in [0.05, 0.1) is 39.0 Å². The lowest BCUT2D eigenvalue weighted by atomic mass is 9.33. The fourth-order valence-electron chi connectivity index (χ4n) is 13.5. The number of carbonyl (C=O) groups excluding carboxylic acids is 3. The summed E-state index contributed by atoms with van der Waals surface area (Å²) in [5.41, 5.74) is -1.64. The van der Waals surface area contributed by atoms with Gasteiger partial charge in [0, 0.05) is 17.3 Å². The van der Waals surface area contributed by atoms with E-state index in [2.05, 4.69) is 33.8 Å². The molecule has 328 valence electrons. The smallest absolute Gasteiger partial charge is 0.337 e. The average Bonchev–Trinajstić information content (AvgIpc) is 3.19. The third kappa shape index (κ3) is 6.30. The van der Waals surface area contributed by atoms with Crippen LogP contribution in [0, 0.1) is 50.2 Å². The Hall–Kier alpha value is -2.05. The highest BCUT2D eigenvalue weighted by Gasteiger charge is 2.70. The minimum absolute atomic E-state index is 0.0388. The van der Waals surface area contributed by atoms with Gasteiger partial charge >= 0.3 is 11.9 Å². The molecule has 5 aliphatic carbocycles. The van der Waals surface area contributed by atoms with Crippen LogP contribution in [0.5, 0.6) is 0 Å². The summed E-state index contributed by atoms with van der Waals surface area (Å²) in [7, 11) is 2.51. The van der Waals surface area contributed by atoms with Gasteiger partial charge in [0.15, 0.2) is 18.7 Å². The van der Waals surface area contributed by atoms with Crippen LogP contribution < -0.4 is 0 Å². The fourth-order valence-corrected chi connectivity index (χ4v) is 13.5. The molecule has 19 atom stereocenters. The number of esters is 2. The van der Waals surface area contributed by atoms with Gasteiger partial charge in [0.2, 0.25) is 0 Å². The van der Waals surface area contributed by atoms with Gasteiger partial charge in [-0.15, -0.1) is 0 Å². The Kier molecular flexibility index (Phi) is 11.5. The normalized spacial score (nSPS) is 52.9. The van der Waals surface area contributed by atoms with E-state index in [0.717, 1.165) is 45.6 Å². The van der Waals surface area contributed by atoms with E-state index in [1.54, 1.807) is 0 Å². The first-order chi connectivity index (χ1) is 27.1. The van der Waals surface area contributed by atoms with Crippen LogP contribution in [-0.4, -0.2) is 137 Å². The Bertz CT molecular complexity index is 1650. The fraction of sp³-hybridized carbons (Fsp3) is 0.884. The second-order valence-corrected chi connectivity index (χ2v) is 20.2. The molecule has 6 N–H and O–H groups in total. The van der Waals surface area contributed by atoms with Crippen LogP contribution in [0.4, 0.5) is 0 Å². The largest absolute Gasteiger partial charge is 0.469 e. The average molecular weight is 823 g/mol. The van der Waals surface area contributed by atoms with Gasteiger partial charge in [-0.3, -0.25) is 9.59 Å².